The molecule has 1 aromatic carbocycles. The van der Waals surface area contributed by atoms with Gasteiger partial charge in [0, 0.05) is 16.6 Å². The lowest BCUT2D eigenvalue weighted by Crippen LogP contribution is -1.90. The fraction of sp³-hybridized carbons (Fsp3) is 0.385. The summed E-state index contributed by atoms with van der Waals surface area (Å²) in [6, 6.07) is 5.02. The first kappa shape index (κ1) is 8.96. The van der Waals surface area contributed by atoms with Crippen LogP contribution in [0, 0.1) is 5.82 Å². The van der Waals surface area contributed by atoms with Gasteiger partial charge in [0.1, 0.15) is 5.82 Å². The average Bonchev–Trinajstić information content (AvgIpc) is 2.76. The van der Waals surface area contributed by atoms with Crippen LogP contribution in [0.15, 0.2) is 18.2 Å². The van der Waals surface area contributed by atoms with Gasteiger partial charge in [-0.15, -0.1) is 0 Å². The van der Waals surface area contributed by atoms with Gasteiger partial charge < -0.3 is 4.98 Å². The summed E-state index contributed by atoms with van der Waals surface area (Å²) in [5.41, 5.74) is 3.77. The molecule has 0 saturated carbocycles. The van der Waals surface area contributed by atoms with Gasteiger partial charge >= 0.3 is 0 Å². The van der Waals surface area contributed by atoms with E-state index in [1.165, 1.54) is 30.2 Å². The van der Waals surface area contributed by atoms with E-state index < -0.39 is 0 Å². The summed E-state index contributed by atoms with van der Waals surface area (Å²) in [6.45, 7) is 2.21. The van der Waals surface area contributed by atoms with Gasteiger partial charge in [-0.1, -0.05) is 6.92 Å². The summed E-state index contributed by atoms with van der Waals surface area (Å²) in [5.74, 6) is 0.514. The predicted octanol–water partition coefficient (Wildman–Crippen LogP) is 3.75. The Hall–Kier alpha value is -1.31. The molecule has 1 N–H and O–H groups in total. The summed E-state index contributed by atoms with van der Waals surface area (Å²) >= 11 is 0. The molecular formula is C13H14FN. The van der Waals surface area contributed by atoms with Crippen molar-refractivity contribution in [3.8, 4) is 0 Å². The lowest BCUT2D eigenvalue weighted by Gasteiger charge is -2.04. The highest BCUT2D eigenvalue weighted by Crippen LogP contribution is 2.39. The number of benzene rings is 1. The quantitative estimate of drug-likeness (QED) is 0.726. The Labute approximate surface area is 88.3 Å². The van der Waals surface area contributed by atoms with Crippen molar-refractivity contribution in [1.82, 2.24) is 4.98 Å². The fourth-order valence-electron chi connectivity index (χ4n) is 2.73. The Balaban J connectivity index is 2.26. The molecule has 0 bridgehead atoms. The van der Waals surface area contributed by atoms with E-state index in [-0.39, 0.29) is 5.82 Å². The van der Waals surface area contributed by atoms with Crippen LogP contribution in [0.5, 0.6) is 0 Å². The van der Waals surface area contributed by atoms with Crippen LogP contribution in [0.4, 0.5) is 4.39 Å². The number of aromatic nitrogens is 1. The molecule has 78 valence electrons. The second kappa shape index (κ2) is 3.09. The van der Waals surface area contributed by atoms with E-state index in [0.717, 1.165) is 17.3 Å². The molecule has 1 aliphatic carbocycles. The highest BCUT2D eigenvalue weighted by atomic mass is 19.1. The Morgan fingerprint density at radius 3 is 3.13 bits per heavy atom. The number of aryl methyl sites for hydroxylation is 1. The van der Waals surface area contributed by atoms with Gasteiger partial charge in [-0.2, -0.15) is 0 Å². The smallest absolute Gasteiger partial charge is 0.123 e. The Bertz CT molecular complexity index is 512. The van der Waals surface area contributed by atoms with Gasteiger partial charge in [-0.3, -0.25) is 0 Å². The van der Waals surface area contributed by atoms with Gasteiger partial charge in [-0.05, 0) is 48.9 Å². The van der Waals surface area contributed by atoms with E-state index in [2.05, 4.69) is 11.9 Å². The molecule has 1 nitrogen and oxygen atoms in total. The molecule has 3 rings (SSSR count). The SMILES string of the molecule is CCC1CCc2c1[nH]c1ccc(F)cc21. The van der Waals surface area contributed by atoms with Crippen LogP contribution in [-0.2, 0) is 6.42 Å². The van der Waals surface area contributed by atoms with Gasteiger partial charge in [0.05, 0.1) is 0 Å². The van der Waals surface area contributed by atoms with Crippen LogP contribution in [0.1, 0.15) is 36.9 Å². The molecular weight excluding hydrogens is 189 g/mol. The molecule has 2 heteroatoms. The van der Waals surface area contributed by atoms with Crippen molar-refractivity contribution in [2.24, 2.45) is 0 Å². The zero-order chi connectivity index (χ0) is 10.4. The van der Waals surface area contributed by atoms with Crippen LogP contribution in [0.3, 0.4) is 0 Å². The molecule has 1 aliphatic rings. The molecule has 0 fully saturated rings. The highest BCUT2D eigenvalue weighted by molar-refractivity contribution is 5.85. The van der Waals surface area contributed by atoms with Crippen LogP contribution in [0.25, 0.3) is 10.9 Å². The van der Waals surface area contributed by atoms with Crippen LogP contribution < -0.4 is 0 Å². The molecule has 0 aliphatic heterocycles. The summed E-state index contributed by atoms with van der Waals surface area (Å²) in [5, 5.41) is 1.08. The lowest BCUT2D eigenvalue weighted by atomic mass is 10.1. The van der Waals surface area contributed by atoms with E-state index in [0.29, 0.717) is 5.92 Å². The third-order valence-corrected chi connectivity index (χ3v) is 3.55. The topological polar surface area (TPSA) is 15.8 Å². The maximum atomic E-state index is 13.1. The third kappa shape index (κ3) is 1.21. The van der Waals surface area contributed by atoms with Gasteiger partial charge in [0.25, 0.3) is 0 Å². The second-order valence-corrected chi connectivity index (χ2v) is 4.35. The molecule has 0 radical (unpaired) electrons. The Morgan fingerprint density at radius 1 is 1.47 bits per heavy atom. The van der Waals surface area contributed by atoms with E-state index in [1.54, 1.807) is 6.07 Å². The molecule has 2 aromatic rings. The van der Waals surface area contributed by atoms with Gasteiger partial charge in [-0.25, -0.2) is 4.39 Å². The van der Waals surface area contributed by atoms with Crippen molar-refractivity contribution in [2.45, 2.75) is 32.1 Å². The van der Waals surface area contributed by atoms with E-state index in [4.69, 9.17) is 0 Å². The average molecular weight is 203 g/mol. The minimum atomic E-state index is -0.135. The maximum absolute atomic E-state index is 13.1. The monoisotopic (exact) mass is 203 g/mol. The normalized spacial score (nSPS) is 19.7. The molecule has 1 heterocycles. The van der Waals surface area contributed by atoms with Crippen molar-refractivity contribution in [2.75, 3.05) is 0 Å². The van der Waals surface area contributed by atoms with Crippen LogP contribution in [-0.4, -0.2) is 4.98 Å². The largest absolute Gasteiger partial charge is 0.358 e. The molecule has 1 atom stereocenters. The number of H-pyrrole nitrogens is 1. The van der Waals surface area contributed by atoms with Crippen LogP contribution >= 0.6 is 0 Å². The van der Waals surface area contributed by atoms with Crippen LogP contribution in [0.2, 0.25) is 0 Å². The minimum absolute atomic E-state index is 0.135. The Kier molecular flexibility index (Phi) is 1.84. The van der Waals surface area contributed by atoms with Crippen molar-refractivity contribution in [1.29, 1.82) is 0 Å². The fourth-order valence-corrected chi connectivity index (χ4v) is 2.73. The van der Waals surface area contributed by atoms with Crippen molar-refractivity contribution in [3.63, 3.8) is 0 Å². The van der Waals surface area contributed by atoms with Gasteiger partial charge in [0.15, 0.2) is 0 Å². The maximum Gasteiger partial charge on any atom is 0.123 e. The molecule has 1 unspecified atom stereocenters. The predicted molar refractivity (Wildman–Crippen MR) is 59.6 cm³/mol. The summed E-state index contributed by atoms with van der Waals surface area (Å²) in [6.07, 6.45) is 3.48. The Morgan fingerprint density at radius 2 is 2.33 bits per heavy atom. The molecule has 0 saturated heterocycles. The highest BCUT2D eigenvalue weighted by Gasteiger charge is 2.25. The number of hydrogen-bond acceptors (Lipinski definition) is 0. The van der Waals surface area contributed by atoms with Crippen molar-refractivity contribution < 1.29 is 4.39 Å². The lowest BCUT2D eigenvalue weighted by molar-refractivity contribution is 0.629. The molecule has 1 aromatic heterocycles. The molecule has 15 heavy (non-hydrogen) atoms. The van der Waals surface area contributed by atoms with Gasteiger partial charge in [0.2, 0.25) is 0 Å². The second-order valence-electron chi connectivity index (χ2n) is 4.35. The number of halogens is 1. The number of rotatable bonds is 1. The first-order chi connectivity index (χ1) is 7.29. The summed E-state index contributed by atoms with van der Waals surface area (Å²) in [4.78, 5) is 3.44. The van der Waals surface area contributed by atoms with E-state index in [9.17, 15) is 4.39 Å². The first-order valence-electron chi connectivity index (χ1n) is 5.59. The van der Waals surface area contributed by atoms with Crippen molar-refractivity contribution in [3.05, 3.63) is 35.3 Å². The minimum Gasteiger partial charge on any atom is -0.358 e. The standard InChI is InChI=1S/C13H14FN/c1-2-8-3-5-10-11-7-9(14)4-6-12(11)15-13(8)10/h4,6-8,15H,2-3,5H2,1H3. The number of hydrogen-bond donors (Lipinski definition) is 1. The van der Waals surface area contributed by atoms with E-state index in [1.807, 2.05) is 6.07 Å². The third-order valence-electron chi connectivity index (χ3n) is 3.55. The number of nitrogens with one attached hydrogen (secondary N) is 1. The number of fused-ring (bicyclic) bond motifs is 3. The molecule has 0 spiro atoms. The van der Waals surface area contributed by atoms with E-state index >= 15 is 0 Å². The number of aromatic amines is 1. The first-order valence-corrected chi connectivity index (χ1v) is 5.59. The summed E-state index contributed by atoms with van der Waals surface area (Å²) in [7, 11) is 0. The molecule has 0 amide bonds. The zero-order valence-electron chi connectivity index (χ0n) is 8.81. The van der Waals surface area contributed by atoms with Crippen molar-refractivity contribution >= 4 is 10.9 Å². The zero-order valence-corrected chi connectivity index (χ0v) is 8.81. The summed E-state index contributed by atoms with van der Waals surface area (Å²) < 4.78 is 13.1.